The van der Waals surface area contributed by atoms with E-state index in [9.17, 15) is 4.79 Å². The van der Waals surface area contributed by atoms with Crippen LogP contribution in [0, 0.1) is 0 Å². The highest BCUT2D eigenvalue weighted by Gasteiger charge is 2.27. The molecule has 2 heterocycles. The number of nitrogens with one attached hydrogen (secondary N) is 1. The lowest BCUT2D eigenvalue weighted by molar-refractivity contribution is 0.109. The van der Waals surface area contributed by atoms with E-state index in [1.54, 1.807) is 4.90 Å². The maximum absolute atomic E-state index is 11.9. The van der Waals surface area contributed by atoms with Crippen molar-refractivity contribution >= 4 is 23.6 Å². The third kappa shape index (κ3) is 5.38. The Morgan fingerprint density at radius 3 is 3.12 bits per heavy atom. The highest BCUT2D eigenvalue weighted by atomic mass is 35.5. The fraction of sp³-hybridized carbons (Fsp3) is 0.667. The van der Waals surface area contributed by atoms with Gasteiger partial charge in [-0.05, 0) is 12.8 Å². The van der Waals surface area contributed by atoms with Crippen LogP contribution >= 0.6 is 11.6 Å². The molecule has 1 aliphatic rings. The number of hydrogen-bond donors (Lipinski definition) is 2. The molecule has 1 aliphatic heterocycles. The molecule has 24 heavy (non-hydrogen) atoms. The number of ether oxygens (including phenoxy) is 2. The molecule has 2 rings (SSSR count). The van der Waals surface area contributed by atoms with E-state index in [1.165, 1.54) is 6.20 Å². The van der Waals surface area contributed by atoms with Crippen molar-refractivity contribution in [1.82, 2.24) is 14.9 Å². The molecular formula is C15H23ClN4O4. The van der Waals surface area contributed by atoms with Gasteiger partial charge >= 0.3 is 6.09 Å². The maximum Gasteiger partial charge on any atom is 0.409 e. The Morgan fingerprint density at radius 2 is 2.38 bits per heavy atom. The second-order valence-corrected chi connectivity index (χ2v) is 5.87. The molecule has 0 saturated carbocycles. The Labute approximate surface area is 146 Å². The van der Waals surface area contributed by atoms with Gasteiger partial charge in [-0.2, -0.15) is 4.98 Å². The average Bonchev–Trinajstić information content (AvgIpc) is 3.04. The summed E-state index contributed by atoms with van der Waals surface area (Å²) in [6, 6.07) is 0.0376. The summed E-state index contributed by atoms with van der Waals surface area (Å²) in [6.07, 6.45) is 3.80. The Hall–Kier alpha value is -1.80. The number of nitrogens with zero attached hydrogens (tertiary/aromatic N) is 3. The summed E-state index contributed by atoms with van der Waals surface area (Å²) in [7, 11) is 0. The van der Waals surface area contributed by atoms with E-state index in [0.717, 1.165) is 19.3 Å². The molecule has 1 amide bonds. The van der Waals surface area contributed by atoms with E-state index in [1.807, 2.05) is 6.92 Å². The van der Waals surface area contributed by atoms with E-state index in [0.29, 0.717) is 25.6 Å². The fourth-order valence-electron chi connectivity index (χ4n) is 2.29. The molecule has 1 fully saturated rings. The number of likely N-dealkylation sites (tertiary alicyclic amines) is 1. The van der Waals surface area contributed by atoms with E-state index < -0.39 is 0 Å². The van der Waals surface area contributed by atoms with Crippen molar-refractivity contribution in [3.63, 3.8) is 0 Å². The van der Waals surface area contributed by atoms with E-state index in [2.05, 4.69) is 15.3 Å². The monoisotopic (exact) mass is 358 g/mol. The molecule has 0 bridgehead atoms. The van der Waals surface area contributed by atoms with Gasteiger partial charge in [0.25, 0.3) is 0 Å². The minimum Gasteiger partial charge on any atom is -0.474 e. The van der Waals surface area contributed by atoms with E-state index >= 15 is 0 Å². The molecule has 134 valence electrons. The number of rotatable bonds is 8. The van der Waals surface area contributed by atoms with Gasteiger partial charge in [-0.15, -0.1) is 0 Å². The number of unbranched alkanes of at least 4 members (excludes halogenated alkanes) is 1. The van der Waals surface area contributed by atoms with Crippen LogP contribution in [-0.4, -0.2) is 65.0 Å². The predicted molar refractivity (Wildman–Crippen MR) is 89.5 cm³/mol. The van der Waals surface area contributed by atoms with Crippen LogP contribution in [0.1, 0.15) is 26.2 Å². The number of amides is 1. The summed E-state index contributed by atoms with van der Waals surface area (Å²) in [4.78, 5) is 21.9. The van der Waals surface area contributed by atoms with Crippen molar-refractivity contribution in [1.29, 1.82) is 0 Å². The van der Waals surface area contributed by atoms with Crippen molar-refractivity contribution in [2.45, 2.75) is 32.2 Å². The fourth-order valence-corrected chi connectivity index (χ4v) is 2.43. The van der Waals surface area contributed by atoms with Crippen LogP contribution < -0.4 is 10.1 Å². The van der Waals surface area contributed by atoms with Crippen LogP contribution in [0.5, 0.6) is 5.88 Å². The van der Waals surface area contributed by atoms with Crippen LogP contribution in [-0.2, 0) is 4.74 Å². The first-order valence-electron chi connectivity index (χ1n) is 8.08. The third-order valence-electron chi connectivity index (χ3n) is 3.55. The molecule has 0 spiro atoms. The van der Waals surface area contributed by atoms with Crippen molar-refractivity contribution in [2.24, 2.45) is 0 Å². The molecule has 1 aromatic heterocycles. The number of aliphatic hydroxyl groups excluding tert-OH is 1. The summed E-state index contributed by atoms with van der Waals surface area (Å²) < 4.78 is 10.5. The quantitative estimate of drug-likeness (QED) is 0.685. The number of carbonyl (C=O) groups is 1. The molecule has 0 unspecified atom stereocenters. The zero-order valence-electron chi connectivity index (χ0n) is 13.7. The van der Waals surface area contributed by atoms with Crippen molar-refractivity contribution in [2.75, 3.05) is 38.2 Å². The predicted octanol–water partition coefficient (Wildman–Crippen LogP) is 1.92. The molecule has 8 nitrogen and oxygen atoms in total. The number of hydrogen-bond acceptors (Lipinski definition) is 7. The smallest absolute Gasteiger partial charge is 0.409 e. The minimum atomic E-state index is -0.281. The minimum absolute atomic E-state index is 0.0376. The molecular weight excluding hydrogens is 336 g/mol. The third-order valence-corrected chi connectivity index (χ3v) is 3.80. The maximum atomic E-state index is 11.9. The number of carbonyl (C=O) groups excluding carboxylic acids is 1. The second-order valence-electron chi connectivity index (χ2n) is 5.46. The standard InChI is InChI=1S/C15H23ClN4O4/c1-2-3-7-24-15(22)20-5-4-11(10-20)18-14-17-9-12(16)13(19-14)23-8-6-21/h9,11,21H,2-8,10H2,1H3,(H,17,18,19)/t11-/m0/s1. The van der Waals surface area contributed by atoms with Crippen LogP contribution in [0.15, 0.2) is 6.20 Å². The molecule has 2 N–H and O–H groups in total. The summed E-state index contributed by atoms with van der Waals surface area (Å²) >= 11 is 5.94. The normalized spacial score (nSPS) is 17.0. The first-order chi connectivity index (χ1) is 11.6. The van der Waals surface area contributed by atoms with Gasteiger partial charge in [0.05, 0.1) is 19.4 Å². The summed E-state index contributed by atoms with van der Waals surface area (Å²) in [5.41, 5.74) is 0. The largest absolute Gasteiger partial charge is 0.474 e. The van der Waals surface area contributed by atoms with Crippen LogP contribution in [0.4, 0.5) is 10.7 Å². The van der Waals surface area contributed by atoms with Crippen molar-refractivity contribution in [3.05, 3.63) is 11.2 Å². The topological polar surface area (TPSA) is 96.8 Å². The summed E-state index contributed by atoms with van der Waals surface area (Å²) in [5, 5.41) is 12.2. The highest BCUT2D eigenvalue weighted by Crippen LogP contribution is 2.23. The lowest BCUT2D eigenvalue weighted by Crippen LogP contribution is -2.32. The van der Waals surface area contributed by atoms with Gasteiger partial charge in [0.1, 0.15) is 11.6 Å². The highest BCUT2D eigenvalue weighted by molar-refractivity contribution is 6.31. The lowest BCUT2D eigenvalue weighted by Gasteiger charge is -2.17. The van der Waals surface area contributed by atoms with Crippen LogP contribution in [0.3, 0.4) is 0 Å². The number of aromatic nitrogens is 2. The summed E-state index contributed by atoms with van der Waals surface area (Å²) in [5.74, 6) is 0.593. The zero-order chi connectivity index (χ0) is 17.4. The first kappa shape index (κ1) is 18.5. The molecule has 1 aromatic rings. The van der Waals surface area contributed by atoms with E-state index in [4.69, 9.17) is 26.2 Å². The molecule has 9 heteroatoms. The van der Waals surface area contributed by atoms with Crippen molar-refractivity contribution in [3.8, 4) is 5.88 Å². The number of halogens is 1. The molecule has 0 aromatic carbocycles. The van der Waals surface area contributed by atoms with Gasteiger partial charge in [0.15, 0.2) is 0 Å². The van der Waals surface area contributed by atoms with E-state index in [-0.39, 0.29) is 36.3 Å². The Balaban J connectivity index is 1.85. The average molecular weight is 359 g/mol. The molecule has 1 atom stereocenters. The Morgan fingerprint density at radius 1 is 1.54 bits per heavy atom. The molecule has 0 aliphatic carbocycles. The van der Waals surface area contributed by atoms with Gasteiger partial charge in [-0.25, -0.2) is 9.78 Å². The number of anilines is 1. The molecule has 0 radical (unpaired) electrons. The van der Waals surface area contributed by atoms with Gasteiger partial charge < -0.3 is 24.8 Å². The molecule has 1 saturated heterocycles. The lowest BCUT2D eigenvalue weighted by atomic mass is 10.3. The van der Waals surface area contributed by atoms with Gasteiger partial charge in [0.2, 0.25) is 11.8 Å². The second kappa shape index (κ2) is 9.48. The zero-order valence-corrected chi connectivity index (χ0v) is 14.5. The van der Waals surface area contributed by atoms with Crippen LogP contribution in [0.2, 0.25) is 5.02 Å². The first-order valence-corrected chi connectivity index (χ1v) is 8.46. The Bertz CT molecular complexity index is 546. The van der Waals surface area contributed by atoms with Gasteiger partial charge in [-0.1, -0.05) is 24.9 Å². The SMILES string of the molecule is CCCCOC(=O)N1CC[C@H](Nc2ncc(Cl)c(OCCO)n2)C1. The number of aliphatic hydroxyl groups is 1. The van der Waals surface area contributed by atoms with Crippen molar-refractivity contribution < 1.29 is 19.4 Å². The van der Waals surface area contributed by atoms with Gasteiger partial charge in [0, 0.05) is 19.1 Å². The Kier molecular flexibility index (Phi) is 7.33. The van der Waals surface area contributed by atoms with Crippen LogP contribution in [0.25, 0.3) is 0 Å². The summed E-state index contributed by atoms with van der Waals surface area (Å²) in [6.45, 7) is 3.65. The van der Waals surface area contributed by atoms with Gasteiger partial charge in [-0.3, -0.25) is 0 Å².